The Morgan fingerprint density at radius 2 is 2.08 bits per heavy atom. The van der Waals surface area contributed by atoms with Gasteiger partial charge in [0.25, 0.3) is 0 Å². The fraction of sp³-hybridized carbons (Fsp3) is 0.429. The molecule has 2 atom stereocenters. The average molecular weight is 342 g/mol. The summed E-state index contributed by atoms with van der Waals surface area (Å²) in [6.45, 7) is -0.130. The molecule has 0 saturated carbocycles. The highest BCUT2D eigenvalue weighted by Crippen LogP contribution is 2.26. The number of imide groups is 1. The lowest BCUT2D eigenvalue weighted by Crippen LogP contribution is -2.46. The zero-order valence-corrected chi connectivity index (χ0v) is 12.3. The molecule has 0 N–H and O–H groups in total. The maximum Gasteiger partial charge on any atom is 0.416 e. The molecule has 0 aliphatic carbocycles. The van der Waals surface area contributed by atoms with Crippen LogP contribution in [0.2, 0.25) is 0 Å². The van der Waals surface area contributed by atoms with Crippen molar-refractivity contribution >= 4 is 12.0 Å². The SMILES string of the molecule is [N-]=[N+]=N[C@@H](CC(F)(F)F)C(=O)N1C(=O)OC[C@@H]1Cc1ccccc1. The summed E-state index contributed by atoms with van der Waals surface area (Å²) in [5, 5.41) is 2.89. The number of nitrogens with zero attached hydrogens (tertiary/aromatic N) is 4. The summed E-state index contributed by atoms with van der Waals surface area (Å²) in [7, 11) is 0. The quantitative estimate of drug-likeness (QED) is 0.467. The van der Waals surface area contributed by atoms with Gasteiger partial charge in [0, 0.05) is 4.91 Å². The molecule has 0 spiro atoms. The van der Waals surface area contributed by atoms with Gasteiger partial charge in [0.1, 0.15) is 12.6 Å². The summed E-state index contributed by atoms with van der Waals surface area (Å²) in [6.07, 6.45) is -7.17. The van der Waals surface area contributed by atoms with Crippen molar-refractivity contribution in [2.45, 2.75) is 31.1 Å². The molecule has 0 bridgehead atoms. The molecule has 0 unspecified atom stereocenters. The maximum absolute atomic E-state index is 12.5. The molecule has 1 aromatic carbocycles. The number of amides is 2. The van der Waals surface area contributed by atoms with Crippen LogP contribution in [0.25, 0.3) is 10.4 Å². The third-order valence-corrected chi connectivity index (χ3v) is 3.41. The van der Waals surface area contributed by atoms with E-state index in [2.05, 4.69) is 10.0 Å². The van der Waals surface area contributed by atoms with Crippen molar-refractivity contribution in [3.63, 3.8) is 0 Å². The molecule has 1 saturated heterocycles. The second kappa shape index (κ2) is 7.22. The first-order chi connectivity index (χ1) is 11.3. The predicted molar refractivity (Wildman–Crippen MR) is 75.7 cm³/mol. The molecule has 1 aliphatic rings. The van der Waals surface area contributed by atoms with Gasteiger partial charge >= 0.3 is 12.3 Å². The van der Waals surface area contributed by atoms with Gasteiger partial charge in [0.05, 0.1) is 12.5 Å². The highest BCUT2D eigenvalue weighted by Gasteiger charge is 2.44. The Kier molecular flexibility index (Phi) is 5.30. The van der Waals surface area contributed by atoms with Crippen LogP contribution in [0.4, 0.5) is 18.0 Å². The molecule has 1 heterocycles. The predicted octanol–water partition coefficient (Wildman–Crippen LogP) is 3.21. The van der Waals surface area contributed by atoms with Crippen molar-refractivity contribution < 1.29 is 27.5 Å². The van der Waals surface area contributed by atoms with E-state index in [0.717, 1.165) is 5.56 Å². The molecule has 2 rings (SSSR count). The topological polar surface area (TPSA) is 95.4 Å². The van der Waals surface area contributed by atoms with E-state index in [9.17, 15) is 22.8 Å². The molecule has 128 valence electrons. The first kappa shape index (κ1) is 17.6. The molecular formula is C14H13F3N4O3. The number of cyclic esters (lactones) is 1. The maximum atomic E-state index is 12.5. The number of hydrogen-bond acceptors (Lipinski definition) is 4. The van der Waals surface area contributed by atoms with Gasteiger partial charge in [-0.05, 0) is 17.5 Å². The van der Waals surface area contributed by atoms with Crippen LogP contribution in [0.1, 0.15) is 12.0 Å². The van der Waals surface area contributed by atoms with Crippen molar-refractivity contribution in [3.05, 3.63) is 46.3 Å². The molecular weight excluding hydrogens is 329 g/mol. The lowest BCUT2D eigenvalue weighted by Gasteiger charge is -2.23. The molecule has 1 aromatic rings. The molecule has 10 heteroatoms. The van der Waals surface area contributed by atoms with E-state index in [1.54, 1.807) is 30.3 Å². The third-order valence-electron chi connectivity index (χ3n) is 3.41. The minimum Gasteiger partial charge on any atom is -0.447 e. The minimum absolute atomic E-state index is 0.130. The Balaban J connectivity index is 2.19. The van der Waals surface area contributed by atoms with Crippen LogP contribution in [-0.4, -0.2) is 41.8 Å². The Hall–Kier alpha value is -2.74. The first-order valence-corrected chi connectivity index (χ1v) is 6.96. The van der Waals surface area contributed by atoms with E-state index in [-0.39, 0.29) is 13.0 Å². The fourth-order valence-electron chi connectivity index (χ4n) is 2.39. The molecule has 2 amide bonds. The average Bonchev–Trinajstić information content (AvgIpc) is 2.86. The monoisotopic (exact) mass is 342 g/mol. The highest BCUT2D eigenvalue weighted by molar-refractivity contribution is 5.96. The van der Waals surface area contributed by atoms with Crippen molar-refractivity contribution in [2.24, 2.45) is 5.11 Å². The summed E-state index contributed by atoms with van der Waals surface area (Å²) >= 11 is 0. The molecule has 1 fully saturated rings. The van der Waals surface area contributed by atoms with E-state index in [0.29, 0.717) is 4.90 Å². The molecule has 1 aliphatic heterocycles. The van der Waals surface area contributed by atoms with Crippen LogP contribution < -0.4 is 0 Å². The molecule has 0 aromatic heterocycles. The number of alkyl halides is 3. The Morgan fingerprint density at radius 1 is 1.42 bits per heavy atom. The second-order valence-corrected chi connectivity index (χ2v) is 5.17. The van der Waals surface area contributed by atoms with E-state index in [1.807, 2.05) is 0 Å². The summed E-state index contributed by atoms with van der Waals surface area (Å²) in [6, 6.07) is 6.01. The van der Waals surface area contributed by atoms with Crippen molar-refractivity contribution in [3.8, 4) is 0 Å². The number of carbonyl (C=O) groups is 2. The van der Waals surface area contributed by atoms with E-state index in [4.69, 9.17) is 10.3 Å². The van der Waals surface area contributed by atoms with Gasteiger partial charge in [-0.25, -0.2) is 9.69 Å². The van der Waals surface area contributed by atoms with E-state index in [1.165, 1.54) is 0 Å². The fourth-order valence-corrected chi connectivity index (χ4v) is 2.39. The number of ether oxygens (including phenoxy) is 1. The lowest BCUT2D eigenvalue weighted by molar-refractivity contribution is -0.151. The molecule has 0 radical (unpaired) electrons. The van der Waals surface area contributed by atoms with Crippen LogP contribution in [0.3, 0.4) is 0 Å². The van der Waals surface area contributed by atoms with Gasteiger partial charge in [-0.15, -0.1) is 0 Å². The van der Waals surface area contributed by atoms with E-state index >= 15 is 0 Å². The summed E-state index contributed by atoms with van der Waals surface area (Å²) < 4.78 is 42.4. The van der Waals surface area contributed by atoms with Gasteiger partial charge < -0.3 is 4.74 Å². The molecule has 7 nitrogen and oxygen atoms in total. The number of hydrogen-bond donors (Lipinski definition) is 0. The number of rotatable bonds is 5. The second-order valence-electron chi connectivity index (χ2n) is 5.17. The van der Waals surface area contributed by atoms with Crippen LogP contribution in [0.5, 0.6) is 0 Å². The smallest absolute Gasteiger partial charge is 0.416 e. The van der Waals surface area contributed by atoms with Gasteiger partial charge in [0.2, 0.25) is 5.91 Å². The Bertz CT molecular complexity index is 659. The summed E-state index contributed by atoms with van der Waals surface area (Å²) in [5.41, 5.74) is 9.18. The number of azide groups is 1. The summed E-state index contributed by atoms with van der Waals surface area (Å²) in [5.74, 6) is -1.21. The van der Waals surface area contributed by atoms with E-state index < -0.39 is 36.7 Å². The zero-order chi connectivity index (χ0) is 17.7. The van der Waals surface area contributed by atoms with Gasteiger partial charge in [-0.3, -0.25) is 4.79 Å². The molecule has 24 heavy (non-hydrogen) atoms. The largest absolute Gasteiger partial charge is 0.447 e. The number of halogens is 3. The number of benzene rings is 1. The minimum atomic E-state index is -4.72. The lowest BCUT2D eigenvalue weighted by atomic mass is 10.0. The Labute approximate surface area is 134 Å². The van der Waals surface area contributed by atoms with Crippen LogP contribution >= 0.6 is 0 Å². The Morgan fingerprint density at radius 3 is 2.67 bits per heavy atom. The standard InChI is InChI=1S/C14H13F3N4O3/c15-14(16,17)7-11(19-20-18)12(22)21-10(8-24-13(21)23)6-9-4-2-1-3-5-9/h1-5,10-11H,6-8H2/t10-,11-/m0/s1. The van der Waals surface area contributed by atoms with Crippen LogP contribution in [0, 0.1) is 0 Å². The number of carbonyl (C=O) groups excluding carboxylic acids is 2. The summed E-state index contributed by atoms with van der Waals surface area (Å²) in [4.78, 5) is 26.9. The van der Waals surface area contributed by atoms with Crippen molar-refractivity contribution in [2.75, 3.05) is 6.61 Å². The van der Waals surface area contributed by atoms with Gasteiger partial charge in [-0.2, -0.15) is 13.2 Å². The highest BCUT2D eigenvalue weighted by atomic mass is 19.4. The normalized spacial score (nSPS) is 18.7. The zero-order valence-electron chi connectivity index (χ0n) is 12.3. The van der Waals surface area contributed by atoms with Crippen molar-refractivity contribution in [1.82, 2.24) is 4.90 Å². The van der Waals surface area contributed by atoms with Gasteiger partial charge in [0.15, 0.2) is 0 Å². The van der Waals surface area contributed by atoms with Crippen LogP contribution in [-0.2, 0) is 16.0 Å². The van der Waals surface area contributed by atoms with Crippen LogP contribution in [0.15, 0.2) is 35.4 Å². The third kappa shape index (κ3) is 4.39. The van der Waals surface area contributed by atoms with Gasteiger partial charge in [-0.1, -0.05) is 35.4 Å². The first-order valence-electron chi connectivity index (χ1n) is 6.96. The van der Waals surface area contributed by atoms with Crippen molar-refractivity contribution in [1.29, 1.82) is 0 Å².